The standard InChI is InChI=1S/C11H14N/c1-9(2)12-8-7-10-5-3-4-6-11(10)12/h3-6,8-9H,7H2,1-2H3/q+1. The number of benzene rings is 1. The van der Waals surface area contributed by atoms with Gasteiger partial charge in [-0.3, -0.25) is 0 Å². The zero-order chi connectivity index (χ0) is 8.55. The highest BCUT2D eigenvalue weighted by atomic mass is 15.0. The van der Waals surface area contributed by atoms with Crippen LogP contribution in [0.4, 0.5) is 5.69 Å². The second kappa shape index (κ2) is 2.74. The summed E-state index contributed by atoms with van der Waals surface area (Å²) < 4.78 is 2.34. The lowest BCUT2D eigenvalue weighted by atomic mass is 10.1. The van der Waals surface area contributed by atoms with Crippen molar-refractivity contribution < 1.29 is 4.58 Å². The summed E-state index contributed by atoms with van der Waals surface area (Å²) in [4.78, 5) is 0. The molecule has 1 heterocycles. The summed E-state index contributed by atoms with van der Waals surface area (Å²) >= 11 is 0. The molecular formula is C11H14N+. The molecule has 2 rings (SSSR count). The predicted molar refractivity (Wildman–Crippen MR) is 51.3 cm³/mol. The van der Waals surface area contributed by atoms with Crippen LogP contribution in [0.3, 0.4) is 0 Å². The fourth-order valence-corrected chi connectivity index (χ4v) is 1.72. The van der Waals surface area contributed by atoms with Crippen LogP contribution in [-0.4, -0.2) is 16.8 Å². The third kappa shape index (κ3) is 1.06. The van der Waals surface area contributed by atoms with Crippen molar-refractivity contribution >= 4 is 11.9 Å². The minimum atomic E-state index is 0.577. The minimum Gasteiger partial charge on any atom is -0.200 e. The second-order valence-corrected chi connectivity index (χ2v) is 3.52. The van der Waals surface area contributed by atoms with E-state index in [0.29, 0.717) is 6.04 Å². The maximum atomic E-state index is 2.34. The van der Waals surface area contributed by atoms with E-state index in [1.807, 2.05) is 0 Å². The van der Waals surface area contributed by atoms with E-state index in [9.17, 15) is 0 Å². The van der Waals surface area contributed by atoms with Crippen LogP contribution in [0.1, 0.15) is 19.4 Å². The molecule has 1 nitrogen and oxygen atoms in total. The molecule has 0 aliphatic carbocycles. The molecule has 1 heteroatoms. The highest BCUT2D eigenvalue weighted by Crippen LogP contribution is 2.24. The maximum Gasteiger partial charge on any atom is 0.208 e. The van der Waals surface area contributed by atoms with Crippen molar-refractivity contribution in [2.45, 2.75) is 26.3 Å². The molecule has 0 atom stereocenters. The molecule has 0 saturated heterocycles. The van der Waals surface area contributed by atoms with Gasteiger partial charge in [0.2, 0.25) is 5.69 Å². The Balaban J connectivity index is 2.45. The lowest BCUT2D eigenvalue weighted by Crippen LogP contribution is -2.13. The Morgan fingerprint density at radius 3 is 2.75 bits per heavy atom. The first-order valence-electron chi connectivity index (χ1n) is 4.48. The van der Waals surface area contributed by atoms with Crippen LogP contribution in [0.5, 0.6) is 0 Å². The van der Waals surface area contributed by atoms with Gasteiger partial charge in [0.15, 0.2) is 12.3 Å². The number of rotatable bonds is 1. The first kappa shape index (κ1) is 7.53. The van der Waals surface area contributed by atoms with Crippen LogP contribution >= 0.6 is 0 Å². The highest BCUT2D eigenvalue weighted by molar-refractivity contribution is 5.67. The first-order chi connectivity index (χ1) is 5.79. The minimum absolute atomic E-state index is 0.577. The zero-order valence-corrected chi connectivity index (χ0v) is 7.62. The van der Waals surface area contributed by atoms with Gasteiger partial charge in [-0.1, -0.05) is 18.2 Å². The van der Waals surface area contributed by atoms with E-state index >= 15 is 0 Å². The van der Waals surface area contributed by atoms with Crippen molar-refractivity contribution in [3.05, 3.63) is 29.8 Å². The molecule has 1 aromatic carbocycles. The SMILES string of the molecule is CC(C)[N+]1=CCc2ccccc21. The number of para-hydroxylation sites is 1. The summed E-state index contributed by atoms with van der Waals surface area (Å²) in [6.07, 6.45) is 3.36. The van der Waals surface area contributed by atoms with Gasteiger partial charge in [0, 0.05) is 11.6 Å². The van der Waals surface area contributed by atoms with Crippen molar-refractivity contribution in [3.8, 4) is 0 Å². The fraction of sp³-hybridized carbons (Fsp3) is 0.364. The second-order valence-electron chi connectivity index (χ2n) is 3.52. The largest absolute Gasteiger partial charge is 0.208 e. The Morgan fingerprint density at radius 1 is 1.25 bits per heavy atom. The lowest BCUT2D eigenvalue weighted by Gasteiger charge is -2.02. The monoisotopic (exact) mass is 160 g/mol. The van der Waals surface area contributed by atoms with E-state index in [1.54, 1.807) is 0 Å². The molecule has 0 amide bonds. The maximum absolute atomic E-state index is 2.34. The van der Waals surface area contributed by atoms with Gasteiger partial charge >= 0.3 is 0 Å². The normalized spacial score (nSPS) is 14.8. The van der Waals surface area contributed by atoms with Gasteiger partial charge in [0.1, 0.15) is 0 Å². The molecule has 0 fully saturated rings. The Labute approximate surface area is 73.4 Å². The fourth-order valence-electron chi connectivity index (χ4n) is 1.72. The van der Waals surface area contributed by atoms with Crippen molar-refractivity contribution in [2.75, 3.05) is 0 Å². The average Bonchev–Trinajstić information content (AvgIpc) is 2.47. The topological polar surface area (TPSA) is 3.01 Å². The smallest absolute Gasteiger partial charge is 0.200 e. The highest BCUT2D eigenvalue weighted by Gasteiger charge is 2.22. The van der Waals surface area contributed by atoms with Gasteiger partial charge in [-0.25, -0.2) is 0 Å². The predicted octanol–water partition coefficient (Wildman–Crippen LogP) is 2.37. The Hall–Kier alpha value is -1.11. The van der Waals surface area contributed by atoms with Gasteiger partial charge in [-0.2, -0.15) is 4.58 Å². The van der Waals surface area contributed by atoms with Gasteiger partial charge in [-0.05, 0) is 13.8 Å². The van der Waals surface area contributed by atoms with Crippen LogP contribution in [-0.2, 0) is 6.42 Å². The molecule has 0 saturated carbocycles. The summed E-state index contributed by atoms with van der Waals surface area (Å²) in [5.41, 5.74) is 2.83. The van der Waals surface area contributed by atoms with Gasteiger partial charge < -0.3 is 0 Å². The molecule has 0 spiro atoms. The Bertz CT molecular complexity index is 324. The lowest BCUT2D eigenvalue weighted by molar-refractivity contribution is -0.468. The molecule has 0 unspecified atom stereocenters. The molecule has 12 heavy (non-hydrogen) atoms. The summed E-state index contributed by atoms with van der Waals surface area (Å²) in [6.45, 7) is 4.44. The summed E-state index contributed by atoms with van der Waals surface area (Å²) in [5, 5.41) is 0. The number of fused-ring (bicyclic) bond motifs is 1. The Kier molecular flexibility index (Phi) is 1.72. The number of hydrogen-bond donors (Lipinski definition) is 0. The van der Waals surface area contributed by atoms with Crippen LogP contribution in [0.15, 0.2) is 24.3 Å². The average molecular weight is 160 g/mol. The molecule has 0 radical (unpaired) electrons. The van der Waals surface area contributed by atoms with Crippen LogP contribution in [0.2, 0.25) is 0 Å². The molecule has 1 aliphatic rings. The van der Waals surface area contributed by atoms with Crippen LogP contribution in [0, 0.1) is 0 Å². The molecule has 1 aliphatic heterocycles. The molecule has 62 valence electrons. The van der Waals surface area contributed by atoms with Crippen molar-refractivity contribution in [2.24, 2.45) is 0 Å². The van der Waals surface area contributed by atoms with Crippen LogP contribution < -0.4 is 0 Å². The third-order valence-corrected chi connectivity index (χ3v) is 2.33. The Morgan fingerprint density at radius 2 is 2.00 bits per heavy atom. The summed E-state index contributed by atoms with van der Waals surface area (Å²) in [6, 6.07) is 9.19. The van der Waals surface area contributed by atoms with Crippen molar-refractivity contribution in [1.29, 1.82) is 0 Å². The van der Waals surface area contributed by atoms with Gasteiger partial charge in [0.05, 0.1) is 6.42 Å². The van der Waals surface area contributed by atoms with E-state index in [1.165, 1.54) is 11.3 Å². The van der Waals surface area contributed by atoms with E-state index in [-0.39, 0.29) is 0 Å². The van der Waals surface area contributed by atoms with Crippen molar-refractivity contribution in [3.63, 3.8) is 0 Å². The number of nitrogens with zero attached hydrogens (tertiary/aromatic N) is 1. The van der Waals surface area contributed by atoms with Crippen molar-refractivity contribution in [1.82, 2.24) is 0 Å². The zero-order valence-electron chi connectivity index (χ0n) is 7.62. The molecule has 0 bridgehead atoms. The number of hydrogen-bond acceptors (Lipinski definition) is 0. The quantitative estimate of drug-likeness (QED) is 0.555. The summed E-state index contributed by atoms with van der Waals surface area (Å²) in [5.74, 6) is 0. The van der Waals surface area contributed by atoms with E-state index in [0.717, 1.165) is 6.42 Å². The third-order valence-electron chi connectivity index (χ3n) is 2.33. The molecule has 1 aromatic rings. The summed E-state index contributed by atoms with van der Waals surface area (Å²) in [7, 11) is 0. The molecule has 0 N–H and O–H groups in total. The first-order valence-corrected chi connectivity index (χ1v) is 4.48. The van der Waals surface area contributed by atoms with Crippen LogP contribution in [0.25, 0.3) is 0 Å². The van der Waals surface area contributed by atoms with Gasteiger partial charge in [-0.15, -0.1) is 0 Å². The van der Waals surface area contributed by atoms with Gasteiger partial charge in [0.25, 0.3) is 0 Å². The molecular weight excluding hydrogens is 146 g/mol. The van der Waals surface area contributed by atoms with E-state index in [4.69, 9.17) is 0 Å². The van der Waals surface area contributed by atoms with E-state index in [2.05, 4.69) is 48.9 Å². The molecule has 0 aromatic heterocycles. The van der Waals surface area contributed by atoms with E-state index < -0.39 is 0 Å².